The number of aryl methyl sites for hydroxylation is 1. The lowest BCUT2D eigenvalue weighted by molar-refractivity contribution is 0.400. The van der Waals surface area contributed by atoms with Crippen molar-refractivity contribution in [2.75, 3.05) is 18.0 Å². The maximum absolute atomic E-state index is 5.66. The third-order valence-corrected chi connectivity index (χ3v) is 3.48. The van der Waals surface area contributed by atoms with E-state index in [0.717, 1.165) is 36.3 Å². The third-order valence-electron chi connectivity index (χ3n) is 3.48. The minimum Gasteiger partial charge on any atom is -0.341 e. The van der Waals surface area contributed by atoms with Gasteiger partial charge >= 0.3 is 0 Å². The largest absolute Gasteiger partial charge is 0.341 e. The van der Waals surface area contributed by atoms with Gasteiger partial charge in [0.05, 0.1) is 5.69 Å². The molecule has 1 aromatic heterocycles. The summed E-state index contributed by atoms with van der Waals surface area (Å²) in [5.41, 5.74) is 7.61. The van der Waals surface area contributed by atoms with Crippen LogP contribution in [0.15, 0.2) is 6.07 Å². The summed E-state index contributed by atoms with van der Waals surface area (Å²) in [5.74, 6) is 1.65. The first-order chi connectivity index (χ1) is 8.22. The van der Waals surface area contributed by atoms with Gasteiger partial charge in [-0.15, -0.1) is 0 Å². The minimum absolute atomic E-state index is 0.488. The maximum atomic E-state index is 5.66. The van der Waals surface area contributed by atoms with Crippen LogP contribution in [-0.2, 0) is 6.54 Å². The Morgan fingerprint density at radius 2 is 2.29 bits per heavy atom. The van der Waals surface area contributed by atoms with E-state index in [1.165, 1.54) is 19.3 Å². The molecule has 1 aliphatic rings. The lowest BCUT2D eigenvalue weighted by Gasteiger charge is -2.32. The molecule has 0 spiro atoms. The van der Waals surface area contributed by atoms with Crippen LogP contribution in [0.2, 0.25) is 0 Å². The molecule has 1 saturated heterocycles. The van der Waals surface area contributed by atoms with Crippen molar-refractivity contribution in [3.8, 4) is 0 Å². The van der Waals surface area contributed by atoms with Crippen molar-refractivity contribution in [2.24, 2.45) is 11.7 Å². The van der Waals surface area contributed by atoms with E-state index in [9.17, 15) is 0 Å². The molecule has 2 rings (SSSR count). The molecule has 94 valence electrons. The van der Waals surface area contributed by atoms with Crippen molar-refractivity contribution in [2.45, 2.75) is 39.7 Å². The standard InChI is InChI=1S/C13H22N4/c1-3-11-5-4-6-17(9-11)13-15-10(2)7-12(8-14)16-13/h7,11H,3-6,8-9,14H2,1-2H3. The summed E-state index contributed by atoms with van der Waals surface area (Å²) in [7, 11) is 0. The molecular formula is C13H22N4. The van der Waals surface area contributed by atoms with Gasteiger partial charge in [0.1, 0.15) is 0 Å². The Kier molecular flexibility index (Phi) is 3.94. The molecule has 0 amide bonds. The quantitative estimate of drug-likeness (QED) is 0.867. The number of hydrogen-bond donors (Lipinski definition) is 1. The van der Waals surface area contributed by atoms with Gasteiger partial charge in [0.15, 0.2) is 0 Å². The zero-order valence-electron chi connectivity index (χ0n) is 10.8. The fraction of sp³-hybridized carbons (Fsp3) is 0.692. The highest BCUT2D eigenvalue weighted by molar-refractivity contribution is 5.33. The molecular weight excluding hydrogens is 212 g/mol. The SMILES string of the molecule is CCC1CCCN(c2nc(C)cc(CN)n2)C1. The predicted octanol–water partition coefficient (Wildman–Crippen LogP) is 1.87. The topological polar surface area (TPSA) is 55.0 Å². The van der Waals surface area contributed by atoms with Crippen molar-refractivity contribution >= 4 is 5.95 Å². The molecule has 4 nitrogen and oxygen atoms in total. The summed E-state index contributed by atoms with van der Waals surface area (Å²) in [6.45, 7) is 6.91. The second-order valence-corrected chi connectivity index (χ2v) is 4.87. The summed E-state index contributed by atoms with van der Waals surface area (Å²) in [6.07, 6.45) is 3.82. The zero-order chi connectivity index (χ0) is 12.3. The van der Waals surface area contributed by atoms with Gasteiger partial charge in [0, 0.05) is 25.3 Å². The van der Waals surface area contributed by atoms with Crippen LogP contribution in [0.4, 0.5) is 5.95 Å². The van der Waals surface area contributed by atoms with Gasteiger partial charge in [-0.1, -0.05) is 13.3 Å². The number of nitrogens with zero attached hydrogens (tertiary/aromatic N) is 3. The van der Waals surface area contributed by atoms with Gasteiger partial charge in [-0.25, -0.2) is 9.97 Å². The summed E-state index contributed by atoms with van der Waals surface area (Å²) in [5, 5.41) is 0. The summed E-state index contributed by atoms with van der Waals surface area (Å²) in [6, 6.07) is 1.96. The molecule has 2 heterocycles. The lowest BCUT2D eigenvalue weighted by atomic mass is 9.96. The van der Waals surface area contributed by atoms with Crippen LogP contribution in [0.3, 0.4) is 0 Å². The van der Waals surface area contributed by atoms with E-state index in [-0.39, 0.29) is 0 Å². The molecule has 1 aliphatic heterocycles. The first-order valence-electron chi connectivity index (χ1n) is 6.52. The van der Waals surface area contributed by atoms with Crippen LogP contribution in [0.1, 0.15) is 37.6 Å². The van der Waals surface area contributed by atoms with E-state index in [2.05, 4.69) is 21.8 Å². The fourth-order valence-electron chi connectivity index (χ4n) is 2.44. The van der Waals surface area contributed by atoms with Crippen LogP contribution in [0.5, 0.6) is 0 Å². The molecule has 0 radical (unpaired) electrons. The van der Waals surface area contributed by atoms with E-state index in [1.807, 2.05) is 13.0 Å². The maximum Gasteiger partial charge on any atom is 0.225 e. The molecule has 1 unspecified atom stereocenters. The van der Waals surface area contributed by atoms with E-state index in [1.54, 1.807) is 0 Å². The Morgan fingerprint density at radius 1 is 1.47 bits per heavy atom. The molecule has 1 atom stereocenters. The number of anilines is 1. The number of piperidine rings is 1. The van der Waals surface area contributed by atoms with Crippen LogP contribution in [0.25, 0.3) is 0 Å². The number of nitrogens with two attached hydrogens (primary N) is 1. The van der Waals surface area contributed by atoms with Crippen LogP contribution in [-0.4, -0.2) is 23.1 Å². The average molecular weight is 234 g/mol. The summed E-state index contributed by atoms with van der Waals surface area (Å²) < 4.78 is 0. The van der Waals surface area contributed by atoms with E-state index >= 15 is 0 Å². The van der Waals surface area contributed by atoms with Crippen molar-refractivity contribution in [1.82, 2.24) is 9.97 Å². The Hall–Kier alpha value is -1.16. The fourth-order valence-corrected chi connectivity index (χ4v) is 2.44. The van der Waals surface area contributed by atoms with E-state index in [4.69, 9.17) is 5.73 Å². The highest BCUT2D eigenvalue weighted by Crippen LogP contribution is 2.22. The Morgan fingerprint density at radius 3 is 3.00 bits per heavy atom. The normalized spacial score (nSPS) is 20.6. The van der Waals surface area contributed by atoms with Crippen LogP contribution in [0, 0.1) is 12.8 Å². The average Bonchev–Trinajstić information content (AvgIpc) is 2.38. The van der Waals surface area contributed by atoms with Crippen molar-refractivity contribution < 1.29 is 0 Å². The van der Waals surface area contributed by atoms with E-state index in [0.29, 0.717) is 6.54 Å². The van der Waals surface area contributed by atoms with Gasteiger partial charge in [-0.05, 0) is 31.7 Å². The predicted molar refractivity (Wildman–Crippen MR) is 69.9 cm³/mol. The van der Waals surface area contributed by atoms with Gasteiger partial charge in [0.25, 0.3) is 0 Å². The third kappa shape index (κ3) is 2.94. The summed E-state index contributed by atoms with van der Waals surface area (Å²) in [4.78, 5) is 11.4. The molecule has 1 aromatic rings. The second kappa shape index (κ2) is 5.45. The first-order valence-corrected chi connectivity index (χ1v) is 6.52. The van der Waals surface area contributed by atoms with Crippen LogP contribution >= 0.6 is 0 Å². The molecule has 2 N–H and O–H groups in total. The number of rotatable bonds is 3. The lowest BCUT2D eigenvalue weighted by Crippen LogP contribution is -2.36. The van der Waals surface area contributed by atoms with Gasteiger partial charge in [-0.2, -0.15) is 0 Å². The monoisotopic (exact) mass is 234 g/mol. The Labute approximate surface area is 103 Å². The number of aromatic nitrogens is 2. The second-order valence-electron chi connectivity index (χ2n) is 4.87. The molecule has 0 saturated carbocycles. The van der Waals surface area contributed by atoms with Crippen molar-refractivity contribution in [3.05, 3.63) is 17.5 Å². The van der Waals surface area contributed by atoms with Gasteiger partial charge < -0.3 is 10.6 Å². The van der Waals surface area contributed by atoms with Crippen molar-refractivity contribution in [1.29, 1.82) is 0 Å². The first kappa shape index (κ1) is 12.3. The van der Waals surface area contributed by atoms with Crippen LogP contribution < -0.4 is 10.6 Å². The minimum atomic E-state index is 0.488. The Balaban J connectivity index is 2.18. The van der Waals surface area contributed by atoms with Gasteiger partial charge in [0.2, 0.25) is 5.95 Å². The molecule has 0 aliphatic carbocycles. The molecule has 0 aromatic carbocycles. The van der Waals surface area contributed by atoms with E-state index < -0.39 is 0 Å². The molecule has 4 heteroatoms. The molecule has 0 bridgehead atoms. The summed E-state index contributed by atoms with van der Waals surface area (Å²) >= 11 is 0. The number of hydrogen-bond acceptors (Lipinski definition) is 4. The highest BCUT2D eigenvalue weighted by atomic mass is 15.3. The molecule has 17 heavy (non-hydrogen) atoms. The molecule has 1 fully saturated rings. The smallest absolute Gasteiger partial charge is 0.225 e. The van der Waals surface area contributed by atoms with Crippen molar-refractivity contribution in [3.63, 3.8) is 0 Å². The van der Waals surface area contributed by atoms with Gasteiger partial charge in [-0.3, -0.25) is 0 Å². The highest BCUT2D eigenvalue weighted by Gasteiger charge is 2.20. The zero-order valence-corrected chi connectivity index (χ0v) is 10.8. The Bertz CT molecular complexity index is 378.